The lowest BCUT2D eigenvalue weighted by Crippen LogP contribution is -2.41. The Morgan fingerprint density at radius 2 is 2.23 bits per heavy atom. The van der Waals surface area contributed by atoms with E-state index in [1.807, 2.05) is 6.92 Å². The smallest absolute Gasteiger partial charge is 0.306 e. The summed E-state index contributed by atoms with van der Waals surface area (Å²) in [7, 11) is 0. The number of allylic oxidation sites excluding steroid dienone is 3. The molecule has 0 saturated carbocycles. The van der Waals surface area contributed by atoms with Gasteiger partial charge in [-0.25, -0.2) is 0 Å². The first-order valence-electron chi connectivity index (χ1n) is 10.2. The zero-order chi connectivity index (χ0) is 18.5. The van der Waals surface area contributed by atoms with Crippen LogP contribution in [0.15, 0.2) is 23.8 Å². The van der Waals surface area contributed by atoms with Crippen LogP contribution in [0.25, 0.3) is 0 Å². The average molecular weight is 363 g/mol. The summed E-state index contributed by atoms with van der Waals surface area (Å²) in [5.41, 5.74) is 7.34. The lowest BCUT2D eigenvalue weighted by molar-refractivity contribution is -0.170. The second-order valence-corrected chi connectivity index (χ2v) is 8.01. The van der Waals surface area contributed by atoms with E-state index < -0.39 is 6.29 Å². The highest BCUT2D eigenvalue weighted by atomic mass is 16.6. The molecular weight excluding hydrogens is 330 g/mol. The maximum Gasteiger partial charge on any atom is 0.306 e. The minimum atomic E-state index is -0.733. The van der Waals surface area contributed by atoms with Gasteiger partial charge in [-0.3, -0.25) is 4.79 Å². The molecule has 0 aromatic carbocycles. The number of esters is 1. The Kier molecular flexibility index (Phi) is 6.90. The van der Waals surface area contributed by atoms with E-state index in [4.69, 9.17) is 15.2 Å². The van der Waals surface area contributed by atoms with Crippen molar-refractivity contribution in [3.63, 3.8) is 0 Å². The molecule has 5 heteroatoms. The average Bonchev–Trinajstić information content (AvgIpc) is 2.59. The molecule has 3 aliphatic rings. The predicted molar refractivity (Wildman–Crippen MR) is 100 cm³/mol. The number of aliphatic hydroxyl groups is 1. The fraction of sp³-hybridized carbons (Fsp3) is 0.762. The lowest BCUT2D eigenvalue weighted by atomic mass is 9.70. The van der Waals surface area contributed by atoms with E-state index in [-0.39, 0.29) is 30.1 Å². The maximum absolute atomic E-state index is 12.0. The van der Waals surface area contributed by atoms with Crippen LogP contribution in [0.2, 0.25) is 0 Å². The fourth-order valence-corrected chi connectivity index (χ4v) is 4.70. The van der Waals surface area contributed by atoms with Crippen molar-refractivity contribution in [1.29, 1.82) is 0 Å². The predicted octanol–water partition coefficient (Wildman–Crippen LogP) is 3.22. The highest BCUT2D eigenvalue weighted by Gasteiger charge is 2.37. The van der Waals surface area contributed by atoms with Gasteiger partial charge < -0.3 is 20.3 Å². The van der Waals surface area contributed by atoms with Crippen LogP contribution < -0.4 is 5.73 Å². The minimum Gasteiger partial charge on any atom is -0.462 e. The van der Waals surface area contributed by atoms with Crippen LogP contribution in [0.4, 0.5) is 0 Å². The monoisotopic (exact) mass is 363 g/mol. The molecule has 1 saturated heterocycles. The summed E-state index contributed by atoms with van der Waals surface area (Å²) in [5.74, 6) is 0.665. The van der Waals surface area contributed by atoms with E-state index in [0.29, 0.717) is 18.8 Å². The van der Waals surface area contributed by atoms with Gasteiger partial charge in [0.2, 0.25) is 0 Å². The molecule has 0 aromatic heterocycles. The van der Waals surface area contributed by atoms with Crippen LogP contribution in [-0.4, -0.2) is 35.6 Å². The zero-order valence-electron chi connectivity index (χ0n) is 15.8. The topological polar surface area (TPSA) is 81.8 Å². The molecule has 1 fully saturated rings. The van der Waals surface area contributed by atoms with Crippen LogP contribution in [0.1, 0.15) is 64.7 Å². The van der Waals surface area contributed by atoms with Gasteiger partial charge in [0, 0.05) is 24.8 Å². The van der Waals surface area contributed by atoms with Gasteiger partial charge in [0.25, 0.3) is 0 Å². The van der Waals surface area contributed by atoms with Crippen molar-refractivity contribution in [3.05, 3.63) is 23.8 Å². The largest absolute Gasteiger partial charge is 0.462 e. The first-order valence-corrected chi connectivity index (χ1v) is 10.2. The van der Waals surface area contributed by atoms with E-state index >= 15 is 0 Å². The van der Waals surface area contributed by atoms with E-state index in [9.17, 15) is 9.90 Å². The standard InChI is InChI=1S/C21H33NO4/c1-2-5-19(23)26-18-9-4-8-14-6-3-7-15(21(14)18)10-11-17-12-16(22)13-20(24)25-17/h3,6,8,15-18,20-21,24H,2,4-5,7,9-13,22H2,1H3. The van der Waals surface area contributed by atoms with Gasteiger partial charge >= 0.3 is 5.97 Å². The minimum absolute atomic E-state index is 0.0101. The van der Waals surface area contributed by atoms with E-state index in [1.54, 1.807) is 0 Å². The van der Waals surface area contributed by atoms with Crippen LogP contribution >= 0.6 is 0 Å². The summed E-state index contributed by atoms with van der Waals surface area (Å²) >= 11 is 0. The van der Waals surface area contributed by atoms with Gasteiger partial charge in [0.05, 0.1) is 6.10 Å². The quantitative estimate of drug-likeness (QED) is 0.708. The van der Waals surface area contributed by atoms with Crippen molar-refractivity contribution in [2.24, 2.45) is 17.6 Å². The highest BCUT2D eigenvalue weighted by Crippen LogP contribution is 2.41. The van der Waals surface area contributed by atoms with E-state index in [0.717, 1.165) is 44.9 Å². The first-order chi connectivity index (χ1) is 12.6. The molecule has 1 heterocycles. The molecule has 0 spiro atoms. The number of rotatable bonds is 6. The molecule has 3 rings (SSSR count). The number of ether oxygens (including phenoxy) is 2. The van der Waals surface area contributed by atoms with Gasteiger partial charge in [0.15, 0.2) is 6.29 Å². The van der Waals surface area contributed by atoms with E-state index in [1.165, 1.54) is 5.57 Å². The molecule has 0 bridgehead atoms. The third-order valence-electron chi connectivity index (χ3n) is 5.89. The molecule has 6 atom stereocenters. The molecule has 6 unspecified atom stereocenters. The van der Waals surface area contributed by atoms with Crippen LogP contribution in [0.5, 0.6) is 0 Å². The van der Waals surface area contributed by atoms with Gasteiger partial charge in [-0.15, -0.1) is 0 Å². The van der Waals surface area contributed by atoms with Crippen molar-refractivity contribution in [1.82, 2.24) is 0 Å². The Morgan fingerprint density at radius 1 is 1.38 bits per heavy atom. The van der Waals surface area contributed by atoms with E-state index in [2.05, 4.69) is 18.2 Å². The van der Waals surface area contributed by atoms with Gasteiger partial charge in [0.1, 0.15) is 6.10 Å². The lowest BCUT2D eigenvalue weighted by Gasteiger charge is -2.39. The van der Waals surface area contributed by atoms with Crippen molar-refractivity contribution in [2.45, 2.75) is 89.3 Å². The van der Waals surface area contributed by atoms with Crippen LogP contribution in [0, 0.1) is 11.8 Å². The molecule has 3 N–H and O–H groups in total. The molecule has 5 nitrogen and oxygen atoms in total. The third kappa shape index (κ3) is 4.96. The highest BCUT2D eigenvalue weighted by molar-refractivity contribution is 5.69. The molecule has 1 aliphatic heterocycles. The van der Waals surface area contributed by atoms with Crippen molar-refractivity contribution in [2.75, 3.05) is 0 Å². The zero-order valence-corrected chi connectivity index (χ0v) is 15.8. The van der Waals surface area contributed by atoms with Crippen molar-refractivity contribution in [3.8, 4) is 0 Å². The molecule has 0 aromatic rings. The SMILES string of the molecule is CCCC(=O)OC1CCC=C2C=CCC(CCC3CC(N)CC(O)O3)C21. The Morgan fingerprint density at radius 3 is 3.00 bits per heavy atom. The van der Waals surface area contributed by atoms with Gasteiger partial charge in [-0.1, -0.05) is 25.2 Å². The normalized spacial score (nSPS) is 37.0. The Hall–Kier alpha value is -1.17. The maximum atomic E-state index is 12.0. The summed E-state index contributed by atoms with van der Waals surface area (Å²) in [5, 5.41) is 9.79. The molecular formula is C21H33NO4. The molecule has 0 amide bonds. The summed E-state index contributed by atoms with van der Waals surface area (Å²) < 4.78 is 11.5. The summed E-state index contributed by atoms with van der Waals surface area (Å²) in [6.07, 6.45) is 13.5. The Labute approximate surface area is 156 Å². The Balaban J connectivity index is 1.62. The van der Waals surface area contributed by atoms with Gasteiger partial charge in [-0.2, -0.15) is 0 Å². The van der Waals surface area contributed by atoms with Gasteiger partial charge in [-0.05, 0) is 56.4 Å². The van der Waals surface area contributed by atoms with Crippen molar-refractivity contribution < 1.29 is 19.4 Å². The van der Waals surface area contributed by atoms with Crippen LogP contribution in [-0.2, 0) is 14.3 Å². The first kappa shape index (κ1) is 19.6. The van der Waals surface area contributed by atoms with Crippen LogP contribution in [0.3, 0.4) is 0 Å². The molecule has 26 heavy (non-hydrogen) atoms. The second kappa shape index (κ2) is 9.16. The second-order valence-electron chi connectivity index (χ2n) is 8.01. The summed E-state index contributed by atoms with van der Waals surface area (Å²) in [4.78, 5) is 12.0. The number of carbonyl (C=O) groups excluding carboxylic acids is 1. The number of nitrogens with two attached hydrogens (primary N) is 1. The summed E-state index contributed by atoms with van der Waals surface area (Å²) in [6, 6.07) is 0.0166. The molecule has 0 radical (unpaired) electrons. The molecule has 146 valence electrons. The number of hydrogen-bond donors (Lipinski definition) is 2. The summed E-state index contributed by atoms with van der Waals surface area (Å²) in [6.45, 7) is 2.00. The number of carbonyl (C=O) groups is 1. The number of fused-ring (bicyclic) bond motifs is 1. The fourth-order valence-electron chi connectivity index (χ4n) is 4.70. The molecule has 2 aliphatic carbocycles. The number of hydrogen-bond acceptors (Lipinski definition) is 5. The number of aliphatic hydroxyl groups excluding tert-OH is 1. The van der Waals surface area contributed by atoms with Crippen molar-refractivity contribution >= 4 is 5.97 Å². The third-order valence-corrected chi connectivity index (χ3v) is 5.89. The Bertz CT molecular complexity index is 534.